The zero-order valence-corrected chi connectivity index (χ0v) is 9.50. The lowest BCUT2D eigenvalue weighted by Crippen LogP contribution is -2.45. The summed E-state index contributed by atoms with van der Waals surface area (Å²) in [6, 6.07) is 3.56. The van der Waals surface area contributed by atoms with E-state index in [0.29, 0.717) is 12.5 Å². The third-order valence-corrected chi connectivity index (χ3v) is 3.41. The highest BCUT2D eigenvalue weighted by Crippen LogP contribution is 2.24. The molecule has 1 heterocycles. The van der Waals surface area contributed by atoms with E-state index in [1.54, 1.807) is 0 Å². The van der Waals surface area contributed by atoms with Crippen molar-refractivity contribution in [1.82, 2.24) is 4.90 Å². The van der Waals surface area contributed by atoms with E-state index in [-0.39, 0.29) is 0 Å². The van der Waals surface area contributed by atoms with Gasteiger partial charge in [0.2, 0.25) is 0 Å². The van der Waals surface area contributed by atoms with E-state index < -0.39 is 0 Å². The molecular formula is C12H22N2. The highest BCUT2D eigenvalue weighted by Gasteiger charge is 2.26. The molecule has 1 fully saturated rings. The summed E-state index contributed by atoms with van der Waals surface area (Å²) in [5.74, 6) is 0. The first-order chi connectivity index (χ1) is 6.83. The maximum Gasteiger partial charge on any atom is 0.0638 e. The molecule has 2 nitrogen and oxygen atoms in total. The third kappa shape index (κ3) is 2.72. The van der Waals surface area contributed by atoms with Gasteiger partial charge in [-0.05, 0) is 32.2 Å². The third-order valence-electron chi connectivity index (χ3n) is 3.41. The van der Waals surface area contributed by atoms with E-state index in [1.165, 1.54) is 32.2 Å². The summed E-state index contributed by atoms with van der Waals surface area (Å²) in [6.45, 7) is 5.67. The van der Waals surface area contributed by atoms with Crippen LogP contribution in [0, 0.1) is 11.3 Å². The lowest BCUT2D eigenvalue weighted by Gasteiger charge is -2.40. The number of nitrogens with zero attached hydrogens (tertiary/aromatic N) is 2. The maximum absolute atomic E-state index is 8.78. The van der Waals surface area contributed by atoms with E-state index in [0.717, 1.165) is 12.5 Å². The number of hydrogen-bond acceptors (Lipinski definition) is 2. The van der Waals surface area contributed by atoms with Crippen LogP contribution in [0.2, 0.25) is 0 Å². The Morgan fingerprint density at radius 1 is 1.43 bits per heavy atom. The average Bonchev–Trinajstić information content (AvgIpc) is 2.26. The number of hydrogen-bond donors (Lipinski definition) is 0. The van der Waals surface area contributed by atoms with Crippen LogP contribution in [-0.2, 0) is 0 Å². The first-order valence-corrected chi connectivity index (χ1v) is 5.96. The zero-order chi connectivity index (χ0) is 10.4. The Labute approximate surface area is 87.9 Å². The van der Waals surface area contributed by atoms with Crippen molar-refractivity contribution in [2.75, 3.05) is 6.54 Å². The summed E-state index contributed by atoms with van der Waals surface area (Å²) < 4.78 is 0. The van der Waals surface area contributed by atoms with Gasteiger partial charge in [0.25, 0.3) is 0 Å². The van der Waals surface area contributed by atoms with Crippen molar-refractivity contribution in [3.63, 3.8) is 0 Å². The van der Waals surface area contributed by atoms with Crippen LogP contribution in [0.3, 0.4) is 0 Å². The molecule has 0 spiro atoms. The number of nitriles is 1. The molecule has 0 aliphatic carbocycles. The molecule has 0 N–H and O–H groups in total. The average molecular weight is 194 g/mol. The molecule has 1 aliphatic rings. The van der Waals surface area contributed by atoms with Crippen molar-refractivity contribution in [2.24, 2.45) is 0 Å². The highest BCUT2D eigenvalue weighted by atomic mass is 15.2. The SMILES string of the molecule is CCC(CC#N)N1CCCCC1CC. The van der Waals surface area contributed by atoms with Gasteiger partial charge in [-0.1, -0.05) is 20.3 Å². The fourth-order valence-corrected chi connectivity index (χ4v) is 2.54. The molecule has 14 heavy (non-hydrogen) atoms. The van der Waals surface area contributed by atoms with E-state index in [9.17, 15) is 0 Å². The van der Waals surface area contributed by atoms with Gasteiger partial charge in [-0.25, -0.2) is 0 Å². The van der Waals surface area contributed by atoms with Gasteiger partial charge in [0.15, 0.2) is 0 Å². The van der Waals surface area contributed by atoms with Gasteiger partial charge >= 0.3 is 0 Å². The predicted octanol–water partition coefficient (Wildman–Crippen LogP) is 2.94. The standard InChI is InChI=1S/C12H22N2/c1-3-11-7-5-6-10-14(11)12(4-2)8-9-13/h11-12H,3-8,10H2,1-2H3. The molecule has 0 saturated carbocycles. The molecule has 1 saturated heterocycles. The van der Waals surface area contributed by atoms with Crippen LogP contribution >= 0.6 is 0 Å². The van der Waals surface area contributed by atoms with E-state index in [4.69, 9.17) is 5.26 Å². The molecule has 0 bridgehead atoms. The van der Waals surface area contributed by atoms with Crippen molar-refractivity contribution in [1.29, 1.82) is 5.26 Å². The topological polar surface area (TPSA) is 27.0 Å². The van der Waals surface area contributed by atoms with Crippen LogP contribution < -0.4 is 0 Å². The summed E-state index contributed by atoms with van der Waals surface area (Å²) >= 11 is 0. The van der Waals surface area contributed by atoms with E-state index in [2.05, 4.69) is 24.8 Å². The van der Waals surface area contributed by atoms with Crippen LogP contribution in [0.4, 0.5) is 0 Å². The predicted molar refractivity (Wildman–Crippen MR) is 58.9 cm³/mol. The minimum atomic E-state index is 0.505. The summed E-state index contributed by atoms with van der Waals surface area (Å²) in [5.41, 5.74) is 0. The molecule has 80 valence electrons. The molecule has 2 atom stereocenters. The quantitative estimate of drug-likeness (QED) is 0.688. The fraction of sp³-hybridized carbons (Fsp3) is 0.917. The van der Waals surface area contributed by atoms with Gasteiger partial charge in [0, 0.05) is 12.1 Å². The lowest BCUT2D eigenvalue weighted by atomic mass is 9.96. The molecule has 2 unspecified atom stereocenters. The Hall–Kier alpha value is -0.550. The molecule has 0 amide bonds. The second-order valence-electron chi connectivity index (χ2n) is 4.22. The zero-order valence-electron chi connectivity index (χ0n) is 9.50. The Morgan fingerprint density at radius 3 is 2.79 bits per heavy atom. The van der Waals surface area contributed by atoms with Gasteiger partial charge in [-0.3, -0.25) is 4.90 Å². The van der Waals surface area contributed by atoms with Crippen molar-refractivity contribution in [2.45, 2.75) is 64.5 Å². The van der Waals surface area contributed by atoms with E-state index >= 15 is 0 Å². The highest BCUT2D eigenvalue weighted by molar-refractivity contribution is 4.87. The van der Waals surface area contributed by atoms with Crippen molar-refractivity contribution in [3.05, 3.63) is 0 Å². The van der Waals surface area contributed by atoms with E-state index in [1.807, 2.05) is 0 Å². The van der Waals surface area contributed by atoms with Gasteiger partial charge < -0.3 is 0 Å². The van der Waals surface area contributed by atoms with Crippen LogP contribution in [-0.4, -0.2) is 23.5 Å². The van der Waals surface area contributed by atoms with Crippen LogP contribution in [0.5, 0.6) is 0 Å². The Morgan fingerprint density at radius 2 is 2.21 bits per heavy atom. The first kappa shape index (κ1) is 11.5. The minimum absolute atomic E-state index is 0.505. The lowest BCUT2D eigenvalue weighted by molar-refractivity contribution is 0.0909. The van der Waals surface area contributed by atoms with Crippen LogP contribution in [0.1, 0.15) is 52.4 Å². The molecule has 1 rings (SSSR count). The molecule has 2 heteroatoms. The van der Waals surface area contributed by atoms with Crippen LogP contribution in [0.25, 0.3) is 0 Å². The monoisotopic (exact) mass is 194 g/mol. The summed E-state index contributed by atoms with van der Waals surface area (Å²) in [5, 5.41) is 8.78. The summed E-state index contributed by atoms with van der Waals surface area (Å²) in [7, 11) is 0. The normalized spacial score (nSPS) is 25.6. The number of piperidine rings is 1. The maximum atomic E-state index is 8.78. The molecular weight excluding hydrogens is 172 g/mol. The number of rotatable bonds is 4. The molecule has 0 aromatic rings. The van der Waals surface area contributed by atoms with Gasteiger partial charge in [0.1, 0.15) is 0 Å². The van der Waals surface area contributed by atoms with Crippen molar-refractivity contribution < 1.29 is 0 Å². The first-order valence-electron chi connectivity index (χ1n) is 5.96. The summed E-state index contributed by atoms with van der Waals surface area (Å²) in [6.07, 6.45) is 7.08. The second kappa shape index (κ2) is 6.03. The molecule has 1 aliphatic heterocycles. The Balaban J connectivity index is 2.56. The Bertz CT molecular complexity index is 195. The smallest absolute Gasteiger partial charge is 0.0638 e. The van der Waals surface area contributed by atoms with Gasteiger partial charge in [-0.15, -0.1) is 0 Å². The van der Waals surface area contributed by atoms with Gasteiger partial charge in [-0.2, -0.15) is 5.26 Å². The largest absolute Gasteiger partial charge is 0.296 e. The second-order valence-corrected chi connectivity index (χ2v) is 4.22. The van der Waals surface area contributed by atoms with Crippen molar-refractivity contribution >= 4 is 0 Å². The minimum Gasteiger partial charge on any atom is -0.296 e. The summed E-state index contributed by atoms with van der Waals surface area (Å²) in [4.78, 5) is 2.58. The molecule has 0 radical (unpaired) electrons. The van der Waals surface area contributed by atoms with Crippen LogP contribution in [0.15, 0.2) is 0 Å². The van der Waals surface area contributed by atoms with Crippen molar-refractivity contribution in [3.8, 4) is 6.07 Å². The molecule has 0 aromatic carbocycles. The fourth-order valence-electron chi connectivity index (χ4n) is 2.54. The number of likely N-dealkylation sites (tertiary alicyclic amines) is 1. The van der Waals surface area contributed by atoms with Gasteiger partial charge in [0.05, 0.1) is 12.5 Å². The molecule has 0 aromatic heterocycles. The Kier molecular flexibility index (Phi) is 4.97.